The predicted molar refractivity (Wildman–Crippen MR) is 103 cm³/mol. The number of ether oxygens (including phenoxy) is 1. The Balaban J connectivity index is 1.47. The van der Waals surface area contributed by atoms with Crippen molar-refractivity contribution < 1.29 is 22.5 Å². The summed E-state index contributed by atoms with van der Waals surface area (Å²) in [4.78, 5) is 20.5. The van der Waals surface area contributed by atoms with Crippen LogP contribution in [0.15, 0.2) is 58.2 Å². The highest BCUT2D eigenvalue weighted by atomic mass is 32.2. The number of aryl methyl sites for hydroxylation is 1. The van der Waals surface area contributed by atoms with Gasteiger partial charge in [-0.05, 0) is 42.8 Å². The molecule has 29 heavy (non-hydrogen) atoms. The molecule has 2 aromatic heterocycles. The third-order valence-electron chi connectivity index (χ3n) is 3.89. The predicted octanol–water partition coefficient (Wildman–Crippen LogP) is 2.22. The fourth-order valence-electron chi connectivity index (χ4n) is 2.48. The molecular formula is C19H20N4O5S. The van der Waals surface area contributed by atoms with Crippen molar-refractivity contribution in [3.8, 4) is 11.4 Å². The molecule has 0 bridgehead atoms. The molecule has 1 aromatic carbocycles. The lowest BCUT2D eigenvalue weighted by Crippen LogP contribution is -2.23. The summed E-state index contributed by atoms with van der Waals surface area (Å²) in [6.07, 6.45) is 4.27. The maximum Gasteiger partial charge on any atom is 0.338 e. The van der Waals surface area contributed by atoms with Gasteiger partial charge in [0.2, 0.25) is 21.7 Å². The number of rotatable bonds is 9. The molecule has 2 heterocycles. The molecule has 0 radical (unpaired) electrons. The molecule has 0 spiro atoms. The molecule has 0 saturated carbocycles. The fraction of sp³-hybridized carbons (Fsp3) is 0.263. The van der Waals surface area contributed by atoms with Gasteiger partial charge in [0.25, 0.3) is 0 Å². The topological polar surface area (TPSA) is 124 Å². The number of hydrogen-bond acceptors (Lipinski definition) is 8. The summed E-state index contributed by atoms with van der Waals surface area (Å²) < 4.78 is 36.6. The van der Waals surface area contributed by atoms with Crippen molar-refractivity contribution in [2.75, 3.05) is 13.2 Å². The standard InChI is InChI=1S/C19H20N4O5S/c1-2-21-29(25,26)16-9-7-14(8-10-16)19(24)27-12-4-6-17-22-18(23-28-17)15-5-3-11-20-13-15/h3,5,7-11,13,21H,2,4,6,12H2,1H3. The van der Waals surface area contributed by atoms with E-state index in [1.165, 1.54) is 24.3 Å². The van der Waals surface area contributed by atoms with Crippen LogP contribution in [0, 0.1) is 0 Å². The number of sulfonamides is 1. The van der Waals surface area contributed by atoms with E-state index in [9.17, 15) is 13.2 Å². The molecule has 0 amide bonds. The largest absolute Gasteiger partial charge is 0.462 e. The minimum absolute atomic E-state index is 0.0942. The van der Waals surface area contributed by atoms with Crippen molar-refractivity contribution in [2.24, 2.45) is 0 Å². The van der Waals surface area contributed by atoms with Gasteiger partial charge in [-0.15, -0.1) is 0 Å². The van der Waals surface area contributed by atoms with E-state index in [1.54, 1.807) is 25.4 Å². The Kier molecular flexibility index (Phi) is 6.68. The van der Waals surface area contributed by atoms with Crippen LogP contribution in [0.3, 0.4) is 0 Å². The van der Waals surface area contributed by atoms with Crippen LogP contribution in [0.4, 0.5) is 0 Å². The van der Waals surface area contributed by atoms with E-state index < -0.39 is 16.0 Å². The van der Waals surface area contributed by atoms with Crippen molar-refractivity contribution in [1.29, 1.82) is 0 Å². The van der Waals surface area contributed by atoms with E-state index >= 15 is 0 Å². The first kappa shape index (κ1) is 20.6. The maximum absolute atomic E-state index is 12.1. The number of carbonyl (C=O) groups is 1. The normalized spacial score (nSPS) is 11.3. The molecular weight excluding hydrogens is 396 g/mol. The second-order valence-electron chi connectivity index (χ2n) is 6.02. The van der Waals surface area contributed by atoms with Gasteiger partial charge in [0.05, 0.1) is 17.1 Å². The van der Waals surface area contributed by atoms with Crippen molar-refractivity contribution in [3.63, 3.8) is 0 Å². The highest BCUT2D eigenvalue weighted by Gasteiger charge is 2.14. The highest BCUT2D eigenvalue weighted by molar-refractivity contribution is 7.89. The van der Waals surface area contributed by atoms with Gasteiger partial charge in [0, 0.05) is 30.9 Å². The Hall–Kier alpha value is -3.11. The lowest BCUT2D eigenvalue weighted by Gasteiger charge is -2.06. The maximum atomic E-state index is 12.1. The van der Waals surface area contributed by atoms with Crippen molar-refractivity contribution >= 4 is 16.0 Å². The van der Waals surface area contributed by atoms with E-state index in [0.29, 0.717) is 24.6 Å². The van der Waals surface area contributed by atoms with E-state index in [0.717, 1.165) is 5.56 Å². The molecule has 0 aliphatic rings. The summed E-state index contributed by atoms with van der Waals surface area (Å²) in [6.45, 7) is 2.15. The molecule has 0 saturated heterocycles. The fourth-order valence-corrected chi connectivity index (χ4v) is 3.52. The second kappa shape index (κ2) is 9.39. The highest BCUT2D eigenvalue weighted by Crippen LogP contribution is 2.15. The number of aromatic nitrogens is 3. The first-order valence-electron chi connectivity index (χ1n) is 8.99. The van der Waals surface area contributed by atoms with Gasteiger partial charge in [-0.25, -0.2) is 17.9 Å². The Morgan fingerprint density at radius 2 is 2.00 bits per heavy atom. The minimum atomic E-state index is -3.55. The van der Waals surface area contributed by atoms with E-state index in [1.807, 2.05) is 6.07 Å². The van der Waals surface area contributed by atoms with Crippen LogP contribution in [0.2, 0.25) is 0 Å². The Labute approximate surface area is 168 Å². The molecule has 0 fully saturated rings. The number of nitrogens with one attached hydrogen (secondary N) is 1. The number of esters is 1. The Bertz CT molecular complexity index is 1050. The average molecular weight is 416 g/mol. The summed E-state index contributed by atoms with van der Waals surface area (Å²) in [5.41, 5.74) is 1.03. The van der Waals surface area contributed by atoms with Crippen LogP contribution >= 0.6 is 0 Å². The molecule has 9 nitrogen and oxygen atoms in total. The molecule has 10 heteroatoms. The van der Waals surface area contributed by atoms with Crippen molar-refractivity contribution in [3.05, 3.63) is 60.2 Å². The van der Waals surface area contributed by atoms with Gasteiger partial charge >= 0.3 is 5.97 Å². The van der Waals surface area contributed by atoms with Crippen LogP contribution in [-0.4, -0.2) is 42.7 Å². The molecule has 3 rings (SSSR count). The zero-order chi connectivity index (χ0) is 20.7. The van der Waals surface area contributed by atoms with E-state index in [4.69, 9.17) is 9.26 Å². The summed E-state index contributed by atoms with van der Waals surface area (Å²) in [5, 5.41) is 3.90. The van der Waals surface area contributed by atoms with E-state index in [2.05, 4.69) is 19.8 Å². The van der Waals surface area contributed by atoms with Gasteiger partial charge in [-0.1, -0.05) is 12.1 Å². The lowest BCUT2D eigenvalue weighted by atomic mass is 10.2. The number of pyridine rings is 1. The molecule has 1 N–H and O–H groups in total. The summed E-state index contributed by atoms with van der Waals surface area (Å²) in [7, 11) is -3.55. The average Bonchev–Trinajstić information content (AvgIpc) is 3.21. The van der Waals surface area contributed by atoms with Crippen molar-refractivity contribution in [1.82, 2.24) is 19.8 Å². The molecule has 0 aliphatic carbocycles. The van der Waals surface area contributed by atoms with Crippen LogP contribution < -0.4 is 4.72 Å². The number of hydrogen-bond donors (Lipinski definition) is 1. The molecule has 3 aromatic rings. The van der Waals surface area contributed by atoms with Crippen LogP contribution in [0.25, 0.3) is 11.4 Å². The first-order valence-corrected chi connectivity index (χ1v) is 10.5. The zero-order valence-corrected chi connectivity index (χ0v) is 16.6. The first-order chi connectivity index (χ1) is 14.0. The third kappa shape index (κ3) is 5.46. The van der Waals surface area contributed by atoms with Crippen LogP contribution in [-0.2, 0) is 21.2 Å². The van der Waals surface area contributed by atoms with Crippen LogP contribution in [0.1, 0.15) is 29.6 Å². The van der Waals surface area contributed by atoms with Gasteiger partial charge in [0.15, 0.2) is 0 Å². The lowest BCUT2D eigenvalue weighted by molar-refractivity contribution is 0.0498. The number of carbonyl (C=O) groups excluding carboxylic acids is 1. The summed E-state index contributed by atoms with van der Waals surface area (Å²) in [6, 6.07) is 9.20. The van der Waals surface area contributed by atoms with Gasteiger partial charge in [-0.2, -0.15) is 4.98 Å². The zero-order valence-electron chi connectivity index (χ0n) is 15.7. The van der Waals surface area contributed by atoms with Gasteiger partial charge < -0.3 is 9.26 Å². The van der Waals surface area contributed by atoms with Crippen LogP contribution in [0.5, 0.6) is 0 Å². The molecule has 152 valence electrons. The minimum Gasteiger partial charge on any atom is -0.462 e. The summed E-state index contributed by atoms with van der Waals surface area (Å²) in [5.74, 6) is 0.370. The quantitative estimate of drug-likeness (QED) is 0.416. The number of benzene rings is 1. The smallest absolute Gasteiger partial charge is 0.338 e. The second-order valence-corrected chi connectivity index (χ2v) is 7.79. The van der Waals surface area contributed by atoms with Gasteiger partial charge in [-0.3, -0.25) is 4.98 Å². The SMILES string of the molecule is CCNS(=O)(=O)c1ccc(C(=O)OCCCc2nc(-c3cccnc3)no2)cc1. The molecule has 0 atom stereocenters. The molecule has 0 aliphatic heterocycles. The monoisotopic (exact) mass is 416 g/mol. The van der Waals surface area contributed by atoms with Gasteiger partial charge in [0.1, 0.15) is 0 Å². The Morgan fingerprint density at radius 3 is 2.69 bits per heavy atom. The van der Waals surface area contributed by atoms with E-state index in [-0.39, 0.29) is 23.6 Å². The molecule has 0 unspecified atom stereocenters. The third-order valence-corrected chi connectivity index (χ3v) is 5.45. The van der Waals surface area contributed by atoms with Crippen molar-refractivity contribution in [2.45, 2.75) is 24.7 Å². The number of nitrogens with zero attached hydrogens (tertiary/aromatic N) is 3. The summed E-state index contributed by atoms with van der Waals surface area (Å²) >= 11 is 0. The Morgan fingerprint density at radius 1 is 1.21 bits per heavy atom.